The summed E-state index contributed by atoms with van der Waals surface area (Å²) in [6, 6.07) is 18.6. The molecule has 0 aliphatic carbocycles. The van der Waals surface area contributed by atoms with Gasteiger partial charge in [-0.25, -0.2) is 8.78 Å². The lowest BCUT2D eigenvalue weighted by molar-refractivity contribution is 0.157. The van der Waals surface area contributed by atoms with Crippen molar-refractivity contribution < 1.29 is 18.3 Å². The van der Waals surface area contributed by atoms with Crippen LogP contribution >= 0.6 is 11.6 Å². The van der Waals surface area contributed by atoms with Gasteiger partial charge in [-0.2, -0.15) is 0 Å². The average Bonchev–Trinajstić information content (AvgIpc) is 2.84. The predicted molar refractivity (Wildman–Crippen MR) is 127 cm³/mol. The molecule has 33 heavy (non-hydrogen) atoms. The molecule has 3 aromatic carbocycles. The van der Waals surface area contributed by atoms with Crippen molar-refractivity contribution in [2.75, 3.05) is 44.7 Å². The first-order valence-corrected chi connectivity index (χ1v) is 11.4. The Hall–Kier alpha value is -2.83. The third-order valence-corrected chi connectivity index (χ3v) is 6.22. The normalized spacial score (nSPS) is 15.3. The van der Waals surface area contributed by atoms with Crippen LogP contribution in [-0.4, -0.2) is 44.7 Å². The van der Waals surface area contributed by atoms with Gasteiger partial charge in [-0.1, -0.05) is 41.9 Å². The van der Waals surface area contributed by atoms with Crippen LogP contribution in [0.1, 0.15) is 18.1 Å². The number of benzene rings is 3. The fourth-order valence-corrected chi connectivity index (χ4v) is 4.35. The number of methoxy groups -OCH3 is 1. The Bertz CT molecular complexity index is 1070. The third-order valence-electron chi connectivity index (χ3n) is 5.92. The van der Waals surface area contributed by atoms with E-state index < -0.39 is 11.9 Å². The van der Waals surface area contributed by atoms with Crippen LogP contribution in [0.3, 0.4) is 0 Å². The van der Waals surface area contributed by atoms with Gasteiger partial charge in [-0.15, -0.1) is 0 Å². The molecule has 1 aliphatic heterocycles. The Morgan fingerprint density at radius 1 is 0.909 bits per heavy atom. The number of hydrogen-bond donors (Lipinski definition) is 0. The Morgan fingerprint density at radius 2 is 1.64 bits per heavy atom. The number of halogens is 3. The van der Waals surface area contributed by atoms with Crippen molar-refractivity contribution in [2.45, 2.75) is 12.5 Å². The van der Waals surface area contributed by atoms with Crippen LogP contribution in [0.5, 0.6) is 11.5 Å². The van der Waals surface area contributed by atoms with E-state index in [-0.39, 0.29) is 10.8 Å². The van der Waals surface area contributed by atoms with Gasteiger partial charge in [-0.05, 0) is 36.4 Å². The van der Waals surface area contributed by atoms with Crippen LogP contribution in [-0.2, 0) is 0 Å². The van der Waals surface area contributed by atoms with Crippen molar-refractivity contribution in [2.24, 2.45) is 0 Å². The van der Waals surface area contributed by atoms with Crippen molar-refractivity contribution in [3.63, 3.8) is 0 Å². The van der Waals surface area contributed by atoms with Gasteiger partial charge in [0.05, 0.1) is 17.8 Å². The second kappa shape index (κ2) is 10.9. The number of anilines is 1. The summed E-state index contributed by atoms with van der Waals surface area (Å²) < 4.78 is 39.6. The van der Waals surface area contributed by atoms with E-state index in [0.717, 1.165) is 44.2 Å². The molecule has 174 valence electrons. The molecule has 7 heteroatoms. The molecule has 1 atom stereocenters. The summed E-state index contributed by atoms with van der Waals surface area (Å²) in [6.45, 7) is 4.22. The fraction of sp³-hybridized carbons (Fsp3) is 0.308. The zero-order valence-corrected chi connectivity index (χ0v) is 19.3. The molecule has 4 rings (SSSR count). The predicted octanol–water partition coefficient (Wildman–Crippen LogP) is 5.96. The first-order valence-electron chi connectivity index (χ1n) is 11.0. The molecule has 1 heterocycles. The van der Waals surface area contributed by atoms with E-state index in [9.17, 15) is 8.78 Å². The van der Waals surface area contributed by atoms with E-state index in [4.69, 9.17) is 21.1 Å². The molecule has 0 saturated carbocycles. The van der Waals surface area contributed by atoms with Crippen LogP contribution in [0.15, 0.2) is 66.7 Å². The summed E-state index contributed by atoms with van der Waals surface area (Å²) in [6.07, 6.45) is 0.0324. The summed E-state index contributed by atoms with van der Waals surface area (Å²) in [7, 11) is 1.69. The third kappa shape index (κ3) is 5.75. The van der Waals surface area contributed by atoms with Crippen LogP contribution in [0.25, 0.3) is 0 Å². The number of piperazine rings is 1. The van der Waals surface area contributed by atoms with Gasteiger partial charge in [0.15, 0.2) is 0 Å². The fourth-order valence-electron chi connectivity index (χ4n) is 4.14. The van der Waals surface area contributed by atoms with E-state index >= 15 is 0 Å². The first kappa shape index (κ1) is 23.3. The molecule has 3 aromatic rings. The van der Waals surface area contributed by atoms with Crippen molar-refractivity contribution in [3.05, 3.63) is 89.0 Å². The highest BCUT2D eigenvalue weighted by molar-refractivity contribution is 6.32. The highest BCUT2D eigenvalue weighted by Crippen LogP contribution is 2.33. The van der Waals surface area contributed by atoms with E-state index in [1.807, 2.05) is 18.2 Å². The molecule has 0 bridgehead atoms. The second-order valence-electron chi connectivity index (χ2n) is 7.99. The Labute approximate surface area is 198 Å². The molecule has 0 spiro atoms. The van der Waals surface area contributed by atoms with Gasteiger partial charge in [0.2, 0.25) is 0 Å². The Balaban J connectivity index is 1.42. The van der Waals surface area contributed by atoms with Gasteiger partial charge in [-0.3, -0.25) is 4.90 Å². The van der Waals surface area contributed by atoms with Gasteiger partial charge >= 0.3 is 0 Å². The minimum absolute atomic E-state index is 0.168. The minimum atomic E-state index is -0.540. The quantitative estimate of drug-likeness (QED) is 0.404. The summed E-state index contributed by atoms with van der Waals surface area (Å²) >= 11 is 6.16. The molecule has 0 N–H and O–H groups in total. The number of para-hydroxylation sites is 2. The molecule has 1 aliphatic rings. The number of hydrogen-bond acceptors (Lipinski definition) is 4. The van der Waals surface area contributed by atoms with Crippen molar-refractivity contribution in [1.82, 2.24) is 4.90 Å². The molecule has 1 fully saturated rings. The van der Waals surface area contributed by atoms with Gasteiger partial charge in [0, 0.05) is 44.7 Å². The minimum Gasteiger partial charge on any atom is -0.495 e. The van der Waals surface area contributed by atoms with Crippen molar-refractivity contribution in [1.29, 1.82) is 0 Å². The molecule has 0 amide bonds. The summed E-state index contributed by atoms with van der Waals surface area (Å²) in [4.78, 5) is 4.66. The standard InChI is InChI=1S/C26H27ClF2N2O2/c1-32-26-9-5-4-8-23(26)31-16-14-30(15-17-31)13-12-24(20-6-2-3-7-22(20)29)33-25-11-10-19(28)18-21(25)27/h2-11,18,24H,12-17H2,1H3/t24-/m1/s1. The van der Waals surface area contributed by atoms with Crippen molar-refractivity contribution in [3.8, 4) is 11.5 Å². The molecule has 0 radical (unpaired) electrons. The van der Waals surface area contributed by atoms with E-state index in [1.165, 1.54) is 24.3 Å². The first-order chi connectivity index (χ1) is 16.0. The lowest BCUT2D eigenvalue weighted by Gasteiger charge is -2.37. The SMILES string of the molecule is COc1ccccc1N1CCN(CC[C@@H](Oc2ccc(F)cc2Cl)c2ccccc2F)CC1. The van der Waals surface area contributed by atoms with Gasteiger partial charge in [0.1, 0.15) is 29.2 Å². The van der Waals surface area contributed by atoms with E-state index in [2.05, 4.69) is 15.9 Å². The molecule has 0 aromatic heterocycles. The van der Waals surface area contributed by atoms with Crippen molar-refractivity contribution >= 4 is 17.3 Å². The van der Waals surface area contributed by atoms with Crippen LogP contribution in [0.4, 0.5) is 14.5 Å². The molecular formula is C26H27ClF2N2O2. The number of nitrogens with zero attached hydrogens (tertiary/aromatic N) is 2. The molecule has 0 unspecified atom stereocenters. The lowest BCUT2D eigenvalue weighted by atomic mass is 10.0. The molecular weight excluding hydrogens is 446 g/mol. The number of rotatable bonds is 8. The molecule has 4 nitrogen and oxygen atoms in total. The van der Waals surface area contributed by atoms with Gasteiger partial charge in [0.25, 0.3) is 0 Å². The Morgan fingerprint density at radius 3 is 2.36 bits per heavy atom. The number of ether oxygens (including phenoxy) is 2. The second-order valence-corrected chi connectivity index (χ2v) is 8.40. The Kier molecular flexibility index (Phi) is 7.68. The summed E-state index contributed by atoms with van der Waals surface area (Å²) in [5, 5.41) is 0.168. The monoisotopic (exact) mass is 472 g/mol. The lowest BCUT2D eigenvalue weighted by Crippen LogP contribution is -2.47. The zero-order valence-electron chi connectivity index (χ0n) is 18.5. The highest BCUT2D eigenvalue weighted by atomic mass is 35.5. The van der Waals surface area contributed by atoms with Crippen LogP contribution < -0.4 is 14.4 Å². The van der Waals surface area contributed by atoms with Crippen LogP contribution in [0, 0.1) is 11.6 Å². The van der Waals surface area contributed by atoms with E-state index in [0.29, 0.717) is 17.7 Å². The maximum atomic E-state index is 14.6. The zero-order chi connectivity index (χ0) is 23.2. The maximum Gasteiger partial charge on any atom is 0.142 e. The van der Waals surface area contributed by atoms with Crippen LogP contribution in [0.2, 0.25) is 5.02 Å². The smallest absolute Gasteiger partial charge is 0.142 e. The summed E-state index contributed by atoms with van der Waals surface area (Å²) in [5.41, 5.74) is 1.56. The summed E-state index contributed by atoms with van der Waals surface area (Å²) in [5.74, 6) is 0.437. The highest BCUT2D eigenvalue weighted by Gasteiger charge is 2.23. The average molecular weight is 473 g/mol. The molecule has 1 saturated heterocycles. The van der Waals surface area contributed by atoms with Gasteiger partial charge < -0.3 is 14.4 Å². The van der Waals surface area contributed by atoms with E-state index in [1.54, 1.807) is 25.3 Å². The topological polar surface area (TPSA) is 24.9 Å². The largest absolute Gasteiger partial charge is 0.495 e. The maximum absolute atomic E-state index is 14.6.